The first kappa shape index (κ1) is 21.6. The topological polar surface area (TPSA) is 26.3 Å². The summed E-state index contributed by atoms with van der Waals surface area (Å²) in [5.74, 6) is 0. The Morgan fingerprint density at radius 3 is 1.52 bits per heavy atom. The lowest BCUT2D eigenvalue weighted by Gasteiger charge is -2.18. The van der Waals surface area contributed by atoms with Crippen molar-refractivity contribution in [3.63, 3.8) is 0 Å². The molecule has 0 aliphatic carbocycles. The van der Waals surface area contributed by atoms with Crippen molar-refractivity contribution in [2.45, 2.75) is 0 Å². The van der Waals surface area contributed by atoms with Gasteiger partial charge in [-0.15, -0.1) is 0 Å². The van der Waals surface area contributed by atoms with Gasteiger partial charge < -0.3 is 8.83 Å². The molecule has 186 valence electrons. The fourth-order valence-corrected chi connectivity index (χ4v) is 6.59. The lowest BCUT2D eigenvalue weighted by atomic mass is 9.84. The summed E-state index contributed by atoms with van der Waals surface area (Å²) in [6.07, 6.45) is 0. The molecule has 9 rings (SSSR count). The molecule has 0 N–H and O–H groups in total. The summed E-state index contributed by atoms with van der Waals surface area (Å²) >= 11 is 0. The number of benzene rings is 7. The number of rotatable bonds is 2. The van der Waals surface area contributed by atoms with Crippen molar-refractivity contribution in [1.82, 2.24) is 0 Å². The van der Waals surface area contributed by atoms with Gasteiger partial charge in [0.25, 0.3) is 0 Å². The molecular formula is C38H22O2. The van der Waals surface area contributed by atoms with Gasteiger partial charge in [0.1, 0.15) is 22.3 Å². The van der Waals surface area contributed by atoms with Crippen LogP contribution in [0.3, 0.4) is 0 Å². The maximum absolute atomic E-state index is 6.29. The summed E-state index contributed by atoms with van der Waals surface area (Å²) in [4.78, 5) is 0. The summed E-state index contributed by atoms with van der Waals surface area (Å²) < 4.78 is 12.4. The average Bonchev–Trinajstić information content (AvgIpc) is 3.58. The van der Waals surface area contributed by atoms with Crippen molar-refractivity contribution < 1.29 is 8.83 Å². The van der Waals surface area contributed by atoms with E-state index >= 15 is 0 Å². The number of hydrogen-bond donors (Lipinski definition) is 0. The largest absolute Gasteiger partial charge is 0.456 e. The van der Waals surface area contributed by atoms with Crippen LogP contribution >= 0.6 is 0 Å². The number of furan rings is 2. The van der Waals surface area contributed by atoms with E-state index in [0.717, 1.165) is 43.9 Å². The molecular weight excluding hydrogens is 488 g/mol. The zero-order valence-electron chi connectivity index (χ0n) is 21.5. The molecule has 0 fully saturated rings. The van der Waals surface area contributed by atoms with Crippen LogP contribution in [0.5, 0.6) is 0 Å². The van der Waals surface area contributed by atoms with E-state index in [9.17, 15) is 0 Å². The fraction of sp³-hybridized carbons (Fsp3) is 0. The second-order valence-corrected chi connectivity index (χ2v) is 10.4. The Bertz CT molecular complexity index is 2380. The van der Waals surface area contributed by atoms with Crippen LogP contribution in [0.1, 0.15) is 0 Å². The molecule has 0 amide bonds. The van der Waals surface area contributed by atoms with Crippen LogP contribution in [0.15, 0.2) is 142 Å². The van der Waals surface area contributed by atoms with Crippen LogP contribution in [0, 0.1) is 0 Å². The van der Waals surface area contributed by atoms with Crippen molar-refractivity contribution in [1.29, 1.82) is 0 Å². The van der Waals surface area contributed by atoms with Gasteiger partial charge in [-0.2, -0.15) is 0 Å². The molecule has 40 heavy (non-hydrogen) atoms. The minimum Gasteiger partial charge on any atom is -0.456 e. The highest BCUT2D eigenvalue weighted by Crippen LogP contribution is 2.47. The minimum atomic E-state index is 0.910. The second-order valence-electron chi connectivity index (χ2n) is 10.4. The Hall–Kier alpha value is -5.34. The molecule has 2 nitrogen and oxygen atoms in total. The Morgan fingerprint density at radius 2 is 0.825 bits per heavy atom. The maximum atomic E-state index is 6.29. The van der Waals surface area contributed by atoms with Crippen molar-refractivity contribution in [3.05, 3.63) is 133 Å². The molecule has 0 spiro atoms. The van der Waals surface area contributed by atoms with Gasteiger partial charge in [0, 0.05) is 21.5 Å². The van der Waals surface area contributed by atoms with Gasteiger partial charge in [-0.25, -0.2) is 0 Å². The maximum Gasteiger partial charge on any atom is 0.136 e. The van der Waals surface area contributed by atoms with Crippen molar-refractivity contribution in [2.75, 3.05) is 0 Å². The van der Waals surface area contributed by atoms with Crippen LogP contribution in [-0.4, -0.2) is 0 Å². The molecule has 0 atom stereocenters. The van der Waals surface area contributed by atoms with E-state index in [1.54, 1.807) is 0 Å². The molecule has 2 heterocycles. The summed E-state index contributed by atoms with van der Waals surface area (Å²) in [5.41, 5.74) is 8.51. The van der Waals surface area contributed by atoms with E-state index in [4.69, 9.17) is 8.83 Å². The highest BCUT2D eigenvalue weighted by Gasteiger charge is 2.20. The number of hydrogen-bond acceptors (Lipinski definition) is 2. The first-order chi connectivity index (χ1) is 19.8. The van der Waals surface area contributed by atoms with Crippen LogP contribution in [-0.2, 0) is 0 Å². The van der Waals surface area contributed by atoms with Gasteiger partial charge >= 0.3 is 0 Å². The molecule has 2 aromatic heterocycles. The van der Waals surface area contributed by atoms with Crippen LogP contribution in [0.2, 0.25) is 0 Å². The molecule has 9 aromatic rings. The molecule has 2 heteroatoms. The number of fused-ring (bicyclic) bond motifs is 8. The SMILES string of the molecule is c1ccc2c(c1)oc1ccc(-c3c4ccccc4c(-c4cccc5oc6ccccc6c45)c4ccccc34)cc12. The average molecular weight is 511 g/mol. The fourth-order valence-electron chi connectivity index (χ4n) is 6.59. The van der Waals surface area contributed by atoms with Gasteiger partial charge in [-0.05, 0) is 74.1 Å². The third-order valence-electron chi connectivity index (χ3n) is 8.27. The van der Waals surface area contributed by atoms with E-state index in [1.807, 2.05) is 24.3 Å². The molecule has 0 bridgehead atoms. The van der Waals surface area contributed by atoms with Gasteiger partial charge in [-0.1, -0.05) is 103 Å². The summed E-state index contributed by atoms with van der Waals surface area (Å²) in [6, 6.07) is 47.2. The molecule has 0 aliphatic rings. The third kappa shape index (κ3) is 2.93. The van der Waals surface area contributed by atoms with Crippen molar-refractivity contribution in [3.8, 4) is 22.3 Å². The smallest absolute Gasteiger partial charge is 0.136 e. The van der Waals surface area contributed by atoms with E-state index in [-0.39, 0.29) is 0 Å². The van der Waals surface area contributed by atoms with E-state index in [0.29, 0.717) is 0 Å². The second kappa shape index (κ2) is 8.08. The molecule has 0 aliphatic heterocycles. The van der Waals surface area contributed by atoms with Crippen LogP contribution in [0.4, 0.5) is 0 Å². The lowest BCUT2D eigenvalue weighted by molar-refractivity contribution is 0.668. The zero-order valence-corrected chi connectivity index (χ0v) is 21.5. The summed E-state index contributed by atoms with van der Waals surface area (Å²) in [5, 5.41) is 9.50. The standard InChI is InChI=1S/C38H22O2/c1-3-13-27-25(11-1)36(23-20-21-34-31(22-23)24-10-5-7-17-32(24)39-34)26-12-2-4-14-28(26)37(27)30-16-9-19-35-38(30)29-15-6-8-18-33(29)40-35/h1-22H. The van der Waals surface area contributed by atoms with E-state index in [1.165, 1.54) is 43.8 Å². The minimum absolute atomic E-state index is 0.910. The molecule has 0 radical (unpaired) electrons. The Morgan fingerprint density at radius 1 is 0.325 bits per heavy atom. The van der Waals surface area contributed by atoms with E-state index < -0.39 is 0 Å². The molecule has 0 unspecified atom stereocenters. The lowest BCUT2D eigenvalue weighted by Crippen LogP contribution is -1.91. The van der Waals surface area contributed by atoms with Crippen molar-refractivity contribution in [2.24, 2.45) is 0 Å². The third-order valence-corrected chi connectivity index (χ3v) is 8.27. The highest BCUT2D eigenvalue weighted by molar-refractivity contribution is 6.26. The van der Waals surface area contributed by atoms with Gasteiger partial charge in [0.15, 0.2) is 0 Å². The Balaban J connectivity index is 1.43. The number of para-hydroxylation sites is 2. The monoisotopic (exact) mass is 510 g/mol. The highest BCUT2D eigenvalue weighted by atomic mass is 16.3. The molecule has 7 aromatic carbocycles. The summed E-state index contributed by atoms with van der Waals surface area (Å²) in [6.45, 7) is 0. The predicted molar refractivity (Wildman–Crippen MR) is 167 cm³/mol. The normalized spacial score (nSPS) is 12.0. The first-order valence-electron chi connectivity index (χ1n) is 13.6. The molecule has 0 saturated carbocycles. The molecule has 0 saturated heterocycles. The first-order valence-corrected chi connectivity index (χ1v) is 13.6. The summed E-state index contributed by atoms with van der Waals surface area (Å²) in [7, 11) is 0. The predicted octanol–water partition coefficient (Wildman–Crippen LogP) is 11.1. The van der Waals surface area contributed by atoms with Crippen LogP contribution in [0.25, 0.3) is 87.7 Å². The Kier molecular flexibility index (Phi) is 4.36. The van der Waals surface area contributed by atoms with Crippen molar-refractivity contribution >= 4 is 65.4 Å². The van der Waals surface area contributed by atoms with Crippen LogP contribution < -0.4 is 0 Å². The van der Waals surface area contributed by atoms with Gasteiger partial charge in [0.05, 0.1) is 0 Å². The van der Waals surface area contributed by atoms with Gasteiger partial charge in [-0.3, -0.25) is 0 Å². The van der Waals surface area contributed by atoms with E-state index in [2.05, 4.69) is 109 Å². The Labute approximate surface area is 229 Å². The zero-order chi connectivity index (χ0) is 26.2. The quantitative estimate of drug-likeness (QED) is 0.216. The van der Waals surface area contributed by atoms with Gasteiger partial charge in [0.2, 0.25) is 0 Å².